The van der Waals surface area contributed by atoms with Crippen molar-refractivity contribution in [1.29, 1.82) is 0 Å². The highest BCUT2D eigenvalue weighted by molar-refractivity contribution is 5.99. The Balaban J connectivity index is 3.03. The summed E-state index contributed by atoms with van der Waals surface area (Å²) >= 11 is 0. The van der Waals surface area contributed by atoms with Gasteiger partial charge in [0.15, 0.2) is 5.78 Å². The van der Waals surface area contributed by atoms with E-state index in [9.17, 15) is 14.4 Å². The summed E-state index contributed by atoms with van der Waals surface area (Å²) in [4.78, 5) is 37.0. The highest BCUT2D eigenvalue weighted by Gasteiger charge is 2.54. The number of rotatable bonds is 1. The van der Waals surface area contributed by atoms with Gasteiger partial charge in [-0.2, -0.15) is 0 Å². The molecule has 0 aliphatic carbocycles. The lowest BCUT2D eigenvalue weighted by Crippen LogP contribution is -2.48. The molecule has 0 radical (unpaired) electrons. The predicted octanol–water partition coefficient (Wildman–Crippen LogP) is 1.37. The van der Waals surface area contributed by atoms with Crippen molar-refractivity contribution in [2.45, 2.75) is 46.3 Å². The second-order valence-corrected chi connectivity index (χ2v) is 6.18. The van der Waals surface area contributed by atoms with Crippen LogP contribution in [0.25, 0.3) is 0 Å². The largest absolute Gasteiger partial charge is 0.467 e. The topological polar surface area (TPSA) is 72.9 Å². The number of methoxy groups -OCH3 is 1. The Kier molecular flexibility index (Phi) is 3.93. The van der Waals surface area contributed by atoms with Gasteiger partial charge in [-0.15, -0.1) is 0 Å². The van der Waals surface area contributed by atoms with Crippen molar-refractivity contribution in [3.05, 3.63) is 0 Å². The molecule has 1 amide bonds. The van der Waals surface area contributed by atoms with E-state index in [1.165, 1.54) is 7.11 Å². The third kappa shape index (κ3) is 3.05. The molecule has 108 valence electrons. The van der Waals surface area contributed by atoms with Gasteiger partial charge in [0.25, 0.3) is 0 Å². The standard InChI is InChI=1S/C13H21NO5/c1-12(2,3)19-11(17)14-7-8(15)13(4,5)9(14)10(16)18-6/h9H,7H2,1-6H3/t9-/m0/s1. The van der Waals surface area contributed by atoms with E-state index in [1.807, 2.05) is 0 Å². The molecule has 19 heavy (non-hydrogen) atoms. The monoisotopic (exact) mass is 271 g/mol. The number of hydrogen-bond donors (Lipinski definition) is 0. The smallest absolute Gasteiger partial charge is 0.411 e. The van der Waals surface area contributed by atoms with Gasteiger partial charge in [-0.3, -0.25) is 9.69 Å². The van der Waals surface area contributed by atoms with E-state index in [2.05, 4.69) is 4.74 Å². The van der Waals surface area contributed by atoms with E-state index in [-0.39, 0.29) is 12.3 Å². The number of amides is 1. The molecule has 1 atom stereocenters. The Labute approximate surface area is 113 Å². The van der Waals surface area contributed by atoms with Gasteiger partial charge in [0.2, 0.25) is 0 Å². The maximum atomic E-state index is 12.1. The van der Waals surface area contributed by atoms with E-state index in [0.717, 1.165) is 4.90 Å². The quantitative estimate of drug-likeness (QED) is 0.673. The first-order valence-electron chi connectivity index (χ1n) is 6.11. The zero-order chi connectivity index (χ0) is 15.0. The number of ketones is 1. The third-order valence-corrected chi connectivity index (χ3v) is 3.08. The Bertz CT molecular complexity index is 408. The molecule has 0 aromatic rings. The molecule has 1 rings (SSSR count). The van der Waals surface area contributed by atoms with Crippen LogP contribution >= 0.6 is 0 Å². The van der Waals surface area contributed by atoms with Crippen LogP contribution in [0.2, 0.25) is 0 Å². The van der Waals surface area contributed by atoms with Gasteiger partial charge in [0.1, 0.15) is 11.6 Å². The maximum Gasteiger partial charge on any atom is 0.411 e. The fraction of sp³-hybridized carbons (Fsp3) is 0.769. The molecule has 6 heteroatoms. The first-order chi connectivity index (χ1) is 8.50. The van der Waals surface area contributed by atoms with Crippen LogP contribution in [0.15, 0.2) is 0 Å². The molecule has 1 saturated heterocycles. The second kappa shape index (κ2) is 4.83. The number of esters is 1. The Morgan fingerprint density at radius 2 is 1.84 bits per heavy atom. The minimum Gasteiger partial charge on any atom is -0.467 e. The van der Waals surface area contributed by atoms with Crippen LogP contribution in [-0.2, 0) is 19.1 Å². The number of hydrogen-bond acceptors (Lipinski definition) is 5. The highest BCUT2D eigenvalue weighted by atomic mass is 16.6. The summed E-state index contributed by atoms with van der Waals surface area (Å²) < 4.78 is 9.90. The first kappa shape index (κ1) is 15.5. The van der Waals surface area contributed by atoms with Crippen LogP contribution in [-0.4, -0.2) is 48.0 Å². The molecule has 6 nitrogen and oxygen atoms in total. The summed E-state index contributed by atoms with van der Waals surface area (Å²) in [7, 11) is 1.23. The Morgan fingerprint density at radius 1 is 1.32 bits per heavy atom. The molecular weight excluding hydrogens is 250 g/mol. The molecule has 0 saturated carbocycles. The van der Waals surface area contributed by atoms with Crippen molar-refractivity contribution in [2.24, 2.45) is 5.41 Å². The van der Waals surface area contributed by atoms with Crippen molar-refractivity contribution in [3.63, 3.8) is 0 Å². The third-order valence-electron chi connectivity index (χ3n) is 3.08. The maximum absolute atomic E-state index is 12.1. The van der Waals surface area contributed by atoms with Crippen molar-refractivity contribution in [2.75, 3.05) is 13.7 Å². The van der Waals surface area contributed by atoms with E-state index in [0.29, 0.717) is 0 Å². The van der Waals surface area contributed by atoms with E-state index in [1.54, 1.807) is 34.6 Å². The fourth-order valence-electron chi connectivity index (χ4n) is 2.02. The fourth-order valence-corrected chi connectivity index (χ4v) is 2.02. The van der Waals surface area contributed by atoms with Crippen LogP contribution in [0.4, 0.5) is 4.79 Å². The van der Waals surface area contributed by atoms with Gasteiger partial charge in [-0.05, 0) is 20.8 Å². The lowest BCUT2D eigenvalue weighted by atomic mass is 9.84. The minimum absolute atomic E-state index is 0.137. The first-order valence-corrected chi connectivity index (χ1v) is 6.11. The zero-order valence-electron chi connectivity index (χ0n) is 12.3. The summed E-state index contributed by atoms with van der Waals surface area (Å²) in [6.45, 7) is 8.29. The molecule has 0 spiro atoms. The molecule has 0 aromatic heterocycles. The SMILES string of the molecule is COC(=O)[C@@H]1N(C(=O)OC(C)(C)C)CC(=O)C1(C)C. The summed E-state index contributed by atoms with van der Waals surface area (Å²) in [5.74, 6) is -0.796. The number of nitrogens with zero attached hydrogens (tertiary/aromatic N) is 1. The molecule has 1 aliphatic heterocycles. The van der Waals surface area contributed by atoms with Crippen LogP contribution in [0.5, 0.6) is 0 Å². The summed E-state index contributed by atoms with van der Waals surface area (Å²) in [5, 5.41) is 0. The lowest BCUT2D eigenvalue weighted by molar-refractivity contribution is -0.149. The predicted molar refractivity (Wildman–Crippen MR) is 67.5 cm³/mol. The van der Waals surface area contributed by atoms with Crippen LogP contribution < -0.4 is 0 Å². The van der Waals surface area contributed by atoms with Gasteiger partial charge in [-0.25, -0.2) is 9.59 Å². The van der Waals surface area contributed by atoms with E-state index < -0.39 is 29.1 Å². The van der Waals surface area contributed by atoms with Crippen LogP contribution in [0, 0.1) is 5.41 Å². The molecule has 1 fully saturated rings. The molecule has 0 bridgehead atoms. The van der Waals surface area contributed by atoms with Crippen LogP contribution in [0.1, 0.15) is 34.6 Å². The van der Waals surface area contributed by atoms with E-state index in [4.69, 9.17) is 4.74 Å². The molecule has 0 unspecified atom stereocenters. The summed E-state index contributed by atoms with van der Waals surface area (Å²) in [6, 6.07) is -0.945. The van der Waals surface area contributed by atoms with Gasteiger partial charge in [0, 0.05) is 0 Å². The normalized spacial score (nSPS) is 22.3. The minimum atomic E-state index is -0.968. The van der Waals surface area contributed by atoms with Gasteiger partial charge in [-0.1, -0.05) is 13.8 Å². The summed E-state index contributed by atoms with van der Waals surface area (Å²) in [6.07, 6.45) is -0.679. The second-order valence-electron chi connectivity index (χ2n) is 6.18. The Hall–Kier alpha value is -1.59. The van der Waals surface area contributed by atoms with Gasteiger partial charge >= 0.3 is 12.1 Å². The number of carbonyl (C=O) groups excluding carboxylic acids is 3. The van der Waals surface area contributed by atoms with Crippen LogP contribution in [0.3, 0.4) is 0 Å². The zero-order valence-corrected chi connectivity index (χ0v) is 12.3. The highest BCUT2D eigenvalue weighted by Crippen LogP contribution is 2.34. The van der Waals surface area contributed by atoms with Crippen molar-refractivity contribution >= 4 is 17.8 Å². The number of Topliss-reactive ketones (excluding diaryl/α,β-unsaturated/α-hetero) is 1. The van der Waals surface area contributed by atoms with Crippen molar-refractivity contribution in [1.82, 2.24) is 4.90 Å². The molecule has 0 N–H and O–H groups in total. The van der Waals surface area contributed by atoms with E-state index >= 15 is 0 Å². The Morgan fingerprint density at radius 3 is 2.26 bits per heavy atom. The number of ether oxygens (including phenoxy) is 2. The van der Waals surface area contributed by atoms with Gasteiger partial charge in [0.05, 0.1) is 19.1 Å². The average molecular weight is 271 g/mol. The van der Waals surface area contributed by atoms with Crippen molar-refractivity contribution in [3.8, 4) is 0 Å². The van der Waals surface area contributed by atoms with Crippen molar-refractivity contribution < 1.29 is 23.9 Å². The lowest BCUT2D eigenvalue weighted by Gasteiger charge is -2.30. The molecule has 1 heterocycles. The number of carbonyl (C=O) groups is 3. The summed E-state index contributed by atoms with van der Waals surface area (Å²) in [5.41, 5.74) is -1.66. The molecule has 0 aromatic carbocycles. The number of likely N-dealkylation sites (tertiary alicyclic amines) is 1. The average Bonchev–Trinajstić information content (AvgIpc) is 2.47. The molecule has 1 aliphatic rings. The van der Waals surface area contributed by atoms with Gasteiger partial charge < -0.3 is 9.47 Å². The molecular formula is C13H21NO5.